The molecule has 0 bridgehead atoms. The third kappa shape index (κ3) is 25.4. The Morgan fingerprint density at radius 3 is 0.917 bits per heavy atom. The summed E-state index contributed by atoms with van der Waals surface area (Å²) >= 11 is 38.0. The van der Waals surface area contributed by atoms with Gasteiger partial charge in [0.1, 0.15) is 34.1 Å². The zero-order chi connectivity index (χ0) is 95.2. The monoisotopic (exact) mass is 2010 g/mol. The van der Waals surface area contributed by atoms with Crippen molar-refractivity contribution in [3.05, 3.63) is 208 Å². The van der Waals surface area contributed by atoms with Crippen LogP contribution in [0.1, 0.15) is 281 Å². The second kappa shape index (κ2) is 42.4. The van der Waals surface area contributed by atoms with Gasteiger partial charge in [-0.3, -0.25) is 38.9 Å². The summed E-state index contributed by atoms with van der Waals surface area (Å²) in [7, 11) is -10.1. The molecule has 3 spiro atoms. The summed E-state index contributed by atoms with van der Waals surface area (Å²) < 4.78 is 88.6. The number of hydrogen-bond donors (Lipinski definition) is 3. The third-order valence-corrected chi connectivity index (χ3v) is 34.0. The third-order valence-electron chi connectivity index (χ3n) is 25.5. The van der Waals surface area contributed by atoms with Crippen molar-refractivity contribution in [2.75, 3.05) is 45.8 Å². The topological polar surface area (TPSA) is 370 Å². The molecule has 0 unspecified atom stereocenters. The van der Waals surface area contributed by atoms with Crippen LogP contribution in [0.2, 0.25) is 30.1 Å². The maximum Gasteiger partial charge on any atom is 1.00 e. The minimum Gasteiger partial charge on any atom is -0.870 e. The van der Waals surface area contributed by atoms with E-state index in [2.05, 4.69) is 67.6 Å². The number of nitrogens with one attached hydrogen (secondary N) is 1. The van der Waals surface area contributed by atoms with Crippen LogP contribution in [0.5, 0.6) is 0 Å². The van der Waals surface area contributed by atoms with Crippen LogP contribution in [0.25, 0.3) is 0 Å². The van der Waals surface area contributed by atoms with Gasteiger partial charge in [0, 0.05) is 137 Å². The number of carboxylic acids is 2. The van der Waals surface area contributed by atoms with E-state index in [-0.39, 0.29) is 178 Å². The zero-order valence-electron chi connectivity index (χ0n) is 77.1. The van der Waals surface area contributed by atoms with Crippen LogP contribution < -0.4 is 34.9 Å². The number of sulfonamides is 3. The molecule has 3 atom stereocenters. The van der Waals surface area contributed by atoms with Gasteiger partial charge in [0.15, 0.2) is 0 Å². The van der Waals surface area contributed by atoms with Crippen molar-refractivity contribution in [3.8, 4) is 0 Å². The van der Waals surface area contributed by atoms with Gasteiger partial charge in [-0.15, -0.1) is 0 Å². The number of halogens is 6. The molecule has 15 rings (SSSR count). The predicted octanol–water partition coefficient (Wildman–Crippen LogP) is 15.7. The number of piperidine rings is 3. The van der Waals surface area contributed by atoms with E-state index in [1.54, 1.807) is 130 Å². The number of carbonyl (C=O) groups is 7. The van der Waals surface area contributed by atoms with E-state index in [9.17, 15) is 63.9 Å². The second-order valence-electron chi connectivity index (χ2n) is 39.6. The largest absolute Gasteiger partial charge is 1.00 e. The number of esters is 1. The molecule has 0 aromatic heterocycles. The van der Waals surface area contributed by atoms with Crippen molar-refractivity contribution in [2.24, 2.45) is 31.2 Å². The van der Waals surface area contributed by atoms with Gasteiger partial charge in [-0.2, -0.15) is 0 Å². The van der Waals surface area contributed by atoms with E-state index in [1.807, 2.05) is 39.0 Å². The summed E-state index contributed by atoms with van der Waals surface area (Å²) in [5.74, 6) is -3.62. The molecule has 4 N–H and O–H groups in total. The van der Waals surface area contributed by atoms with Crippen molar-refractivity contribution in [3.63, 3.8) is 0 Å². The maximum absolute atomic E-state index is 14.6. The molecule has 37 heteroatoms. The molecule has 3 saturated carbocycles. The van der Waals surface area contributed by atoms with E-state index < -0.39 is 77.1 Å². The fourth-order valence-electron chi connectivity index (χ4n) is 18.1. The molecule has 6 aliphatic heterocycles. The molecule has 4 amide bonds. The average Bonchev–Trinajstić information content (AvgIpc) is 1.59. The normalized spacial score (nSPS) is 19.5. The average molecular weight is 2010 g/mol. The molecule has 6 aromatic rings. The Bertz CT molecular complexity index is 5760. The van der Waals surface area contributed by atoms with Crippen molar-refractivity contribution in [1.82, 2.24) is 32.9 Å². The van der Waals surface area contributed by atoms with Crippen LogP contribution >= 0.6 is 69.6 Å². The van der Waals surface area contributed by atoms with Crippen molar-refractivity contribution >= 4 is 158 Å². The van der Waals surface area contributed by atoms with Crippen LogP contribution in [0.3, 0.4) is 0 Å². The smallest absolute Gasteiger partial charge is 0.870 e. The first-order valence-corrected chi connectivity index (χ1v) is 51.6. The van der Waals surface area contributed by atoms with Crippen LogP contribution in [0.15, 0.2) is 142 Å². The van der Waals surface area contributed by atoms with E-state index in [0.29, 0.717) is 154 Å². The second-order valence-corrected chi connectivity index (χ2v) is 48.9. The molecular weight excluding hydrogens is 1900 g/mol. The van der Waals surface area contributed by atoms with Crippen LogP contribution in [0.4, 0.5) is 0 Å². The maximum atomic E-state index is 14.6. The van der Waals surface area contributed by atoms with Crippen molar-refractivity contribution in [1.29, 1.82) is 0 Å². The Balaban J connectivity index is 0.000000191. The molecule has 6 aromatic carbocycles. The van der Waals surface area contributed by atoms with E-state index in [0.717, 1.165) is 36.0 Å². The number of aromatic carboxylic acids is 1. The first-order valence-electron chi connectivity index (χ1n) is 44.8. The minimum absolute atomic E-state index is 0. The zero-order valence-corrected chi connectivity index (χ0v) is 86.1. The molecule has 6 fully saturated rings. The SMILES string of the molecule is CC(C)(C)CC[C@H](c1ccc(C(=O)NCCC(=O)O)cc1)N1C(=O)C(c2cc(Cl)cc(Cl)c2)=NC12CCN(S(=O)(=O)C1CC1)CC2.CC(C)(C)CC[C@H](c1ccc(C(=O)O)cc1)N1C(=O)C(c2cc(Cl)cc(Cl)c2)=NC12CCN(S(=O)(=O)C1CC1)CC2.CC(C)OC(=O)c1ccc([C@@H](CCC(C)(C)C)N2C(=O)C(c3cc(Cl)cc(Cl)c3)=NC23CCN(S(=O)(=O)C2CC2)CC3)cc1.[Na+].[OH-]. The number of hydrogen-bond acceptors (Lipinski definition) is 18. The number of nitrogens with zero attached hydrogens (tertiary/aromatic N) is 9. The summed E-state index contributed by atoms with van der Waals surface area (Å²) in [4.78, 5) is 112. The first kappa shape index (κ1) is 106. The van der Waals surface area contributed by atoms with E-state index in [1.165, 1.54) is 0 Å². The molecule has 0 radical (unpaired) electrons. The summed E-state index contributed by atoms with van der Waals surface area (Å²) in [5.41, 5.74) is 2.75. The fourth-order valence-corrected chi connectivity index (χ4v) is 25.2. The number of benzene rings is 6. The number of ether oxygens (including phenoxy) is 1. The van der Waals surface area contributed by atoms with E-state index >= 15 is 0 Å². The minimum atomic E-state index is -3.39. The van der Waals surface area contributed by atoms with Gasteiger partial charge in [-0.05, 0) is 215 Å². The molecule has 3 saturated heterocycles. The van der Waals surface area contributed by atoms with Gasteiger partial charge < -0.3 is 40.4 Å². The Morgan fingerprint density at radius 1 is 0.429 bits per heavy atom. The quantitative estimate of drug-likeness (QED) is 0.0303. The van der Waals surface area contributed by atoms with Gasteiger partial charge in [-0.25, -0.2) is 47.8 Å². The summed E-state index contributed by atoms with van der Waals surface area (Å²) in [5, 5.41) is 22.3. The Labute approximate surface area is 832 Å². The number of carbonyl (C=O) groups excluding carboxylic acids is 5. The number of rotatable bonds is 28. The van der Waals surface area contributed by atoms with Gasteiger partial charge >= 0.3 is 47.5 Å². The number of carboxylic acid groups (broad SMARTS) is 2. The van der Waals surface area contributed by atoms with Gasteiger partial charge in [0.05, 0.1) is 57.5 Å². The molecular formula is C96H117Cl6N10NaO17S3. The van der Waals surface area contributed by atoms with Gasteiger partial charge in [-0.1, -0.05) is 168 Å². The molecule has 714 valence electrons. The Kier molecular flexibility index (Phi) is 33.9. The number of amides is 4. The van der Waals surface area contributed by atoms with Crippen molar-refractivity contribution in [2.45, 2.75) is 255 Å². The number of aliphatic imine (C=N–C) groups is 3. The molecule has 3 aliphatic carbocycles. The predicted molar refractivity (Wildman–Crippen MR) is 514 cm³/mol. The summed E-state index contributed by atoms with van der Waals surface area (Å²) in [6.07, 6.45) is 10.0. The Hall–Kier alpha value is -6.95. The van der Waals surface area contributed by atoms with Crippen LogP contribution in [0, 0.1) is 16.2 Å². The van der Waals surface area contributed by atoms with Gasteiger partial charge in [0.25, 0.3) is 23.6 Å². The Morgan fingerprint density at radius 2 is 0.684 bits per heavy atom. The molecule has 6 heterocycles. The van der Waals surface area contributed by atoms with Gasteiger partial charge in [0.2, 0.25) is 30.1 Å². The standard InChI is InChI=1S/C33H40Cl2N4O6S.C33H41Cl2N3O5S.C30H35Cl2N3O5S.Na.H2O/c1-32(2,3)12-10-27(21-4-6-22(7-5-21)30(42)36-15-11-28(40)41)39-31(43)29(23-18-24(34)20-25(35)19-23)37-33(39)13-16-38(17-14-33)46(44,45)26-8-9-26;1-21(2)43-31(40)23-8-6-22(7-9-23)28(12-13-32(3,4)5)38-30(39)29(24-18-25(34)20-26(35)19-24)36-33(38)14-16-37(17-15-33)44(41,42)27-10-11-27;1-29(2,3)11-10-25(19-4-6-20(7-5-19)28(37)38)35-27(36)26(21-16-22(31)18-23(32)17-21)33-30(35)12-14-34(15-13-30)41(39,40)24-8-9-24;;/h4-7,18-20,26-27H,8-17H2,1-3H3,(H,36,42)(H,40,41);6-9,18-21,27-28H,10-17H2,1-5H3;4-7,16-18,24-25H,8-15H2,1-3H3,(H,37,38);;1H2/q;;;+1;/p-1/t27-;28-;25-;;/m111../s1. The van der Waals surface area contributed by atoms with Crippen LogP contribution in [-0.4, -0.2) is 212 Å². The number of aliphatic carboxylic acids is 1. The first-order chi connectivity index (χ1) is 61.4. The van der Waals surface area contributed by atoms with Crippen molar-refractivity contribution < 1.29 is 109 Å². The molecule has 133 heavy (non-hydrogen) atoms. The summed E-state index contributed by atoms with van der Waals surface area (Å²) in [6, 6.07) is 34.5. The van der Waals surface area contributed by atoms with Crippen LogP contribution in [-0.2, 0) is 54.0 Å². The fraction of sp³-hybridized carbons (Fsp3) is 0.521. The molecule has 9 aliphatic rings. The summed E-state index contributed by atoms with van der Waals surface area (Å²) in [6.45, 7) is 24.5. The van der Waals surface area contributed by atoms with E-state index in [4.69, 9.17) is 94.4 Å². The molecule has 27 nitrogen and oxygen atoms in total.